The number of para-hydroxylation sites is 1. The Morgan fingerprint density at radius 3 is 2.94 bits per heavy atom. The molecule has 0 aliphatic carbocycles. The maximum Gasteiger partial charge on any atom is 0.192 e. The molecule has 0 aliphatic rings. The van der Waals surface area contributed by atoms with Crippen molar-refractivity contribution in [1.82, 2.24) is 4.98 Å². The molecule has 1 unspecified atom stereocenters. The number of aliphatic hydroxyl groups excluding tert-OH is 1. The van der Waals surface area contributed by atoms with E-state index in [0.29, 0.717) is 12.0 Å². The Bertz CT molecular complexity index is 522. The van der Waals surface area contributed by atoms with Gasteiger partial charge in [-0.25, -0.2) is 0 Å². The Morgan fingerprint density at radius 1 is 1.44 bits per heavy atom. The number of ketones is 1. The van der Waals surface area contributed by atoms with E-state index in [1.165, 1.54) is 6.20 Å². The fourth-order valence-corrected chi connectivity index (χ4v) is 1.58. The zero-order chi connectivity index (χ0) is 11.5. The summed E-state index contributed by atoms with van der Waals surface area (Å²) in [6.45, 7) is 1.77. The highest BCUT2D eigenvalue weighted by atomic mass is 16.3. The van der Waals surface area contributed by atoms with Gasteiger partial charge in [0.15, 0.2) is 5.78 Å². The SMILES string of the molecule is CCC(O)C(=O)c1cnc2ccccc2c1. The first-order chi connectivity index (χ1) is 7.72. The first-order valence-electron chi connectivity index (χ1n) is 5.29. The predicted octanol–water partition coefficient (Wildman–Crippen LogP) is 2.19. The smallest absolute Gasteiger partial charge is 0.192 e. The van der Waals surface area contributed by atoms with Gasteiger partial charge >= 0.3 is 0 Å². The van der Waals surface area contributed by atoms with Crippen LogP contribution in [0.5, 0.6) is 0 Å². The Balaban J connectivity index is 2.43. The van der Waals surface area contributed by atoms with Gasteiger partial charge in [0.2, 0.25) is 0 Å². The van der Waals surface area contributed by atoms with Gasteiger partial charge < -0.3 is 5.11 Å². The summed E-state index contributed by atoms with van der Waals surface area (Å²) in [4.78, 5) is 15.9. The van der Waals surface area contributed by atoms with Gasteiger partial charge in [-0.2, -0.15) is 0 Å². The molecule has 0 saturated carbocycles. The summed E-state index contributed by atoms with van der Waals surface area (Å²) in [5.41, 5.74) is 1.32. The summed E-state index contributed by atoms with van der Waals surface area (Å²) >= 11 is 0. The summed E-state index contributed by atoms with van der Waals surface area (Å²) in [5.74, 6) is -0.263. The van der Waals surface area contributed by atoms with Crippen molar-refractivity contribution in [3.63, 3.8) is 0 Å². The third-order valence-electron chi connectivity index (χ3n) is 2.56. The van der Waals surface area contributed by atoms with E-state index in [9.17, 15) is 9.90 Å². The largest absolute Gasteiger partial charge is 0.385 e. The van der Waals surface area contributed by atoms with Crippen molar-refractivity contribution >= 4 is 16.7 Å². The van der Waals surface area contributed by atoms with Crippen LogP contribution in [-0.4, -0.2) is 22.0 Å². The van der Waals surface area contributed by atoms with Crippen LogP contribution >= 0.6 is 0 Å². The van der Waals surface area contributed by atoms with Gasteiger partial charge in [0.1, 0.15) is 6.10 Å². The number of rotatable bonds is 3. The molecule has 3 heteroatoms. The molecule has 1 N–H and O–H groups in total. The van der Waals surface area contributed by atoms with E-state index in [-0.39, 0.29) is 5.78 Å². The van der Waals surface area contributed by atoms with Gasteiger partial charge in [-0.05, 0) is 18.6 Å². The van der Waals surface area contributed by atoms with Crippen molar-refractivity contribution in [2.45, 2.75) is 19.4 Å². The van der Waals surface area contributed by atoms with Crippen LogP contribution in [0.3, 0.4) is 0 Å². The van der Waals surface area contributed by atoms with E-state index in [1.54, 1.807) is 13.0 Å². The van der Waals surface area contributed by atoms with Crippen LogP contribution < -0.4 is 0 Å². The molecule has 0 aliphatic heterocycles. The van der Waals surface area contributed by atoms with Crippen LogP contribution in [-0.2, 0) is 0 Å². The number of aliphatic hydroxyl groups is 1. The standard InChI is InChI=1S/C13H13NO2/c1-2-12(15)13(16)10-7-9-5-3-4-6-11(9)14-8-10/h3-8,12,15H,2H2,1H3. The van der Waals surface area contributed by atoms with Crippen molar-refractivity contribution in [1.29, 1.82) is 0 Å². The molecule has 0 spiro atoms. The molecule has 1 atom stereocenters. The zero-order valence-corrected chi connectivity index (χ0v) is 9.05. The normalized spacial score (nSPS) is 12.6. The maximum atomic E-state index is 11.7. The molecule has 2 aromatic rings. The third-order valence-corrected chi connectivity index (χ3v) is 2.56. The van der Waals surface area contributed by atoms with Crippen LogP contribution in [0.2, 0.25) is 0 Å². The molecule has 0 radical (unpaired) electrons. The van der Waals surface area contributed by atoms with Gasteiger partial charge in [-0.1, -0.05) is 25.1 Å². The Kier molecular flexibility index (Phi) is 2.97. The van der Waals surface area contributed by atoms with Crippen LogP contribution in [0.1, 0.15) is 23.7 Å². The summed E-state index contributed by atoms with van der Waals surface area (Å²) in [6.07, 6.45) is 1.01. The average molecular weight is 215 g/mol. The number of carbonyl (C=O) groups is 1. The van der Waals surface area contributed by atoms with Crippen LogP contribution in [0.25, 0.3) is 10.9 Å². The molecule has 1 aromatic heterocycles. The number of Topliss-reactive ketones (excluding diaryl/α,β-unsaturated/α-hetero) is 1. The Morgan fingerprint density at radius 2 is 2.19 bits per heavy atom. The molecule has 2 rings (SSSR count). The first-order valence-corrected chi connectivity index (χ1v) is 5.29. The Labute approximate surface area is 93.7 Å². The third kappa shape index (κ3) is 1.95. The second-order valence-electron chi connectivity index (χ2n) is 3.70. The van der Waals surface area contributed by atoms with Crippen molar-refractivity contribution in [2.75, 3.05) is 0 Å². The average Bonchev–Trinajstić information content (AvgIpc) is 2.36. The monoisotopic (exact) mass is 215 g/mol. The number of pyridine rings is 1. The number of aromatic nitrogens is 1. The molecule has 0 fully saturated rings. The molecular weight excluding hydrogens is 202 g/mol. The van der Waals surface area contributed by atoms with Crippen LogP contribution in [0.15, 0.2) is 36.5 Å². The van der Waals surface area contributed by atoms with Crippen molar-refractivity contribution in [3.05, 3.63) is 42.1 Å². The number of nitrogens with zero attached hydrogens (tertiary/aromatic N) is 1. The second kappa shape index (κ2) is 4.41. The molecule has 16 heavy (non-hydrogen) atoms. The van der Waals surface area contributed by atoms with Gasteiger partial charge in [0.25, 0.3) is 0 Å². The number of carbonyl (C=O) groups excluding carboxylic acids is 1. The van der Waals surface area contributed by atoms with Crippen molar-refractivity contribution < 1.29 is 9.90 Å². The molecule has 0 saturated heterocycles. The second-order valence-corrected chi connectivity index (χ2v) is 3.70. The fraction of sp³-hybridized carbons (Fsp3) is 0.231. The fourth-order valence-electron chi connectivity index (χ4n) is 1.58. The highest BCUT2D eigenvalue weighted by molar-refractivity contribution is 6.01. The summed E-state index contributed by atoms with van der Waals surface area (Å²) in [6, 6.07) is 9.35. The molecule has 1 heterocycles. The van der Waals surface area contributed by atoms with Crippen LogP contribution in [0.4, 0.5) is 0 Å². The van der Waals surface area contributed by atoms with Crippen molar-refractivity contribution in [3.8, 4) is 0 Å². The minimum absolute atomic E-state index is 0.263. The number of hydrogen-bond acceptors (Lipinski definition) is 3. The van der Waals surface area contributed by atoms with Gasteiger partial charge in [0.05, 0.1) is 5.52 Å². The van der Waals surface area contributed by atoms with Gasteiger partial charge in [-0.3, -0.25) is 9.78 Å². The van der Waals surface area contributed by atoms with Crippen LogP contribution in [0, 0.1) is 0 Å². The minimum atomic E-state index is -0.928. The minimum Gasteiger partial charge on any atom is -0.385 e. The topological polar surface area (TPSA) is 50.2 Å². The van der Waals surface area contributed by atoms with E-state index in [2.05, 4.69) is 4.98 Å². The molecule has 82 valence electrons. The summed E-state index contributed by atoms with van der Waals surface area (Å²) < 4.78 is 0. The predicted molar refractivity (Wildman–Crippen MR) is 62.4 cm³/mol. The quantitative estimate of drug-likeness (QED) is 0.798. The molecule has 1 aromatic carbocycles. The highest BCUT2D eigenvalue weighted by Gasteiger charge is 2.15. The van der Waals surface area contributed by atoms with Gasteiger partial charge in [0, 0.05) is 17.1 Å². The van der Waals surface area contributed by atoms with Gasteiger partial charge in [-0.15, -0.1) is 0 Å². The lowest BCUT2D eigenvalue weighted by molar-refractivity contribution is 0.0740. The summed E-state index contributed by atoms with van der Waals surface area (Å²) in [7, 11) is 0. The van der Waals surface area contributed by atoms with Crippen molar-refractivity contribution in [2.24, 2.45) is 0 Å². The summed E-state index contributed by atoms with van der Waals surface area (Å²) in [5, 5.41) is 10.4. The molecular formula is C13H13NO2. The lowest BCUT2D eigenvalue weighted by Gasteiger charge is -2.06. The lowest BCUT2D eigenvalue weighted by Crippen LogP contribution is -2.19. The van der Waals surface area contributed by atoms with E-state index >= 15 is 0 Å². The van der Waals surface area contributed by atoms with E-state index < -0.39 is 6.10 Å². The number of fused-ring (bicyclic) bond motifs is 1. The highest BCUT2D eigenvalue weighted by Crippen LogP contribution is 2.14. The lowest BCUT2D eigenvalue weighted by atomic mass is 10.0. The van der Waals surface area contributed by atoms with E-state index in [1.807, 2.05) is 24.3 Å². The van der Waals surface area contributed by atoms with E-state index in [4.69, 9.17) is 0 Å². The van der Waals surface area contributed by atoms with E-state index in [0.717, 1.165) is 10.9 Å². The Hall–Kier alpha value is -1.74. The zero-order valence-electron chi connectivity index (χ0n) is 9.05. The maximum absolute atomic E-state index is 11.7. The first kappa shape index (κ1) is 10.8. The number of hydrogen-bond donors (Lipinski definition) is 1. The molecule has 0 amide bonds. The molecule has 3 nitrogen and oxygen atoms in total. The molecule has 0 bridgehead atoms. The number of benzene rings is 1.